The topological polar surface area (TPSA) is 58.3 Å². The normalized spacial score (nSPS) is 17.0. The van der Waals surface area contributed by atoms with Crippen molar-refractivity contribution < 1.29 is 0 Å². The maximum atomic E-state index is 5.83. The van der Waals surface area contributed by atoms with E-state index in [0.717, 1.165) is 37.1 Å². The van der Waals surface area contributed by atoms with E-state index in [1.807, 2.05) is 20.9 Å². The summed E-state index contributed by atoms with van der Waals surface area (Å²) in [5.41, 5.74) is 5.83. The van der Waals surface area contributed by atoms with Crippen LogP contribution in [0.2, 0.25) is 0 Å². The van der Waals surface area contributed by atoms with Crippen LogP contribution in [0.1, 0.15) is 25.6 Å². The molecular formula is C13H23N5. The molecule has 5 nitrogen and oxygen atoms in total. The van der Waals surface area contributed by atoms with Gasteiger partial charge in [-0.2, -0.15) is 0 Å². The third-order valence-corrected chi connectivity index (χ3v) is 3.19. The lowest BCUT2D eigenvalue weighted by atomic mass is 10.3. The van der Waals surface area contributed by atoms with Crippen LogP contribution in [-0.2, 0) is 0 Å². The molecule has 0 radical (unpaired) electrons. The Kier molecular flexibility index (Phi) is 4.01. The minimum atomic E-state index is 0.139. The van der Waals surface area contributed by atoms with Gasteiger partial charge in [-0.15, -0.1) is 0 Å². The molecule has 0 aliphatic carbocycles. The van der Waals surface area contributed by atoms with Crippen molar-refractivity contribution in [2.24, 2.45) is 5.73 Å². The second-order valence-electron chi connectivity index (χ2n) is 5.18. The van der Waals surface area contributed by atoms with Crippen LogP contribution in [0.15, 0.2) is 6.07 Å². The highest BCUT2D eigenvalue weighted by Gasteiger charge is 2.16. The van der Waals surface area contributed by atoms with Crippen molar-refractivity contribution in [3.05, 3.63) is 11.9 Å². The van der Waals surface area contributed by atoms with Crippen molar-refractivity contribution in [2.45, 2.75) is 32.7 Å². The summed E-state index contributed by atoms with van der Waals surface area (Å²) < 4.78 is 0. The number of aryl methyl sites for hydroxylation is 1. The number of nitrogens with zero attached hydrogens (tertiary/aromatic N) is 4. The fourth-order valence-electron chi connectivity index (χ4n) is 2.37. The molecule has 0 bridgehead atoms. The summed E-state index contributed by atoms with van der Waals surface area (Å²) in [5, 5.41) is 0. The molecule has 0 spiro atoms. The number of aromatic nitrogens is 2. The van der Waals surface area contributed by atoms with E-state index in [9.17, 15) is 0 Å². The van der Waals surface area contributed by atoms with Crippen molar-refractivity contribution >= 4 is 11.6 Å². The van der Waals surface area contributed by atoms with Gasteiger partial charge in [0.05, 0.1) is 0 Å². The summed E-state index contributed by atoms with van der Waals surface area (Å²) in [6.07, 6.45) is 2.52. The highest BCUT2D eigenvalue weighted by molar-refractivity contribution is 5.51. The van der Waals surface area contributed by atoms with E-state index in [2.05, 4.69) is 25.8 Å². The Bertz CT molecular complexity index is 398. The molecule has 1 aliphatic rings. The van der Waals surface area contributed by atoms with E-state index >= 15 is 0 Å². The van der Waals surface area contributed by atoms with E-state index in [4.69, 9.17) is 5.73 Å². The highest BCUT2D eigenvalue weighted by Crippen LogP contribution is 2.22. The van der Waals surface area contributed by atoms with Crippen molar-refractivity contribution in [3.63, 3.8) is 0 Å². The van der Waals surface area contributed by atoms with Gasteiger partial charge in [0.1, 0.15) is 17.5 Å². The van der Waals surface area contributed by atoms with Gasteiger partial charge in [0.2, 0.25) is 0 Å². The number of hydrogen-bond donors (Lipinski definition) is 1. The number of nitrogens with two attached hydrogens (primary N) is 1. The molecule has 1 aliphatic heterocycles. The Morgan fingerprint density at radius 3 is 2.67 bits per heavy atom. The first kappa shape index (κ1) is 13.1. The van der Waals surface area contributed by atoms with Crippen LogP contribution in [0.25, 0.3) is 0 Å². The zero-order chi connectivity index (χ0) is 13.1. The lowest BCUT2D eigenvalue weighted by Gasteiger charge is -2.23. The van der Waals surface area contributed by atoms with Crippen LogP contribution >= 0.6 is 0 Å². The number of hydrogen-bond acceptors (Lipinski definition) is 5. The smallest absolute Gasteiger partial charge is 0.134 e. The van der Waals surface area contributed by atoms with Gasteiger partial charge in [-0.05, 0) is 26.7 Å². The summed E-state index contributed by atoms with van der Waals surface area (Å²) in [4.78, 5) is 13.5. The monoisotopic (exact) mass is 249 g/mol. The molecule has 100 valence electrons. The molecule has 1 aromatic heterocycles. The van der Waals surface area contributed by atoms with Crippen LogP contribution in [-0.4, -0.2) is 42.7 Å². The van der Waals surface area contributed by atoms with Crippen molar-refractivity contribution in [2.75, 3.05) is 36.5 Å². The first-order chi connectivity index (χ1) is 8.56. The molecule has 1 unspecified atom stereocenters. The minimum absolute atomic E-state index is 0.139. The van der Waals surface area contributed by atoms with Crippen molar-refractivity contribution in [1.29, 1.82) is 0 Å². The quantitative estimate of drug-likeness (QED) is 0.868. The van der Waals surface area contributed by atoms with Crippen LogP contribution in [0.5, 0.6) is 0 Å². The largest absolute Gasteiger partial charge is 0.358 e. The summed E-state index contributed by atoms with van der Waals surface area (Å²) in [6.45, 7) is 6.96. The zero-order valence-corrected chi connectivity index (χ0v) is 11.6. The average molecular weight is 249 g/mol. The second kappa shape index (κ2) is 5.52. The van der Waals surface area contributed by atoms with Crippen molar-refractivity contribution in [1.82, 2.24) is 9.97 Å². The third kappa shape index (κ3) is 3.10. The van der Waals surface area contributed by atoms with E-state index in [-0.39, 0.29) is 6.04 Å². The molecule has 18 heavy (non-hydrogen) atoms. The predicted octanol–water partition coefficient (Wildman–Crippen LogP) is 1.17. The standard InChI is InChI=1S/C13H23N5/c1-10(14)9-17(3)12-8-13(16-11(2)15-12)18-6-4-5-7-18/h8,10H,4-7,9,14H2,1-3H3. The van der Waals surface area contributed by atoms with E-state index in [1.165, 1.54) is 12.8 Å². The third-order valence-electron chi connectivity index (χ3n) is 3.19. The van der Waals surface area contributed by atoms with Crippen LogP contribution < -0.4 is 15.5 Å². The van der Waals surface area contributed by atoms with Gasteiger partial charge >= 0.3 is 0 Å². The molecule has 2 heterocycles. The van der Waals surface area contributed by atoms with Gasteiger partial charge in [0.15, 0.2) is 0 Å². The summed E-state index contributed by atoms with van der Waals surface area (Å²) in [7, 11) is 2.03. The Morgan fingerprint density at radius 2 is 2.06 bits per heavy atom. The lowest BCUT2D eigenvalue weighted by molar-refractivity contribution is 0.709. The van der Waals surface area contributed by atoms with Gasteiger partial charge in [-0.1, -0.05) is 0 Å². The maximum absolute atomic E-state index is 5.83. The molecule has 1 saturated heterocycles. The van der Waals surface area contributed by atoms with Gasteiger partial charge in [0, 0.05) is 38.8 Å². The SMILES string of the molecule is Cc1nc(N(C)CC(C)N)cc(N2CCCC2)n1. The highest BCUT2D eigenvalue weighted by atomic mass is 15.2. The molecule has 2 N–H and O–H groups in total. The van der Waals surface area contributed by atoms with Crippen LogP contribution in [0, 0.1) is 6.92 Å². The molecule has 0 aromatic carbocycles. The van der Waals surface area contributed by atoms with E-state index < -0.39 is 0 Å². The molecule has 0 amide bonds. The molecule has 2 rings (SSSR count). The van der Waals surface area contributed by atoms with E-state index in [1.54, 1.807) is 0 Å². The molecule has 1 aromatic rings. The Labute approximate surface area is 109 Å². The molecule has 5 heteroatoms. The first-order valence-electron chi connectivity index (χ1n) is 6.63. The molecular weight excluding hydrogens is 226 g/mol. The molecule has 1 atom stereocenters. The predicted molar refractivity (Wildman–Crippen MR) is 75.1 cm³/mol. The zero-order valence-electron chi connectivity index (χ0n) is 11.6. The Hall–Kier alpha value is -1.36. The molecule has 1 fully saturated rings. The number of likely N-dealkylation sites (N-methyl/N-ethyl adjacent to an activating group) is 1. The van der Waals surface area contributed by atoms with Gasteiger partial charge in [-0.3, -0.25) is 0 Å². The van der Waals surface area contributed by atoms with Crippen molar-refractivity contribution in [3.8, 4) is 0 Å². The second-order valence-corrected chi connectivity index (χ2v) is 5.18. The average Bonchev–Trinajstić information content (AvgIpc) is 2.80. The van der Waals surface area contributed by atoms with Gasteiger partial charge < -0.3 is 15.5 Å². The summed E-state index contributed by atoms with van der Waals surface area (Å²) >= 11 is 0. The Balaban J connectivity index is 2.20. The fraction of sp³-hybridized carbons (Fsp3) is 0.692. The summed E-state index contributed by atoms with van der Waals surface area (Å²) in [5.74, 6) is 2.83. The van der Waals surface area contributed by atoms with Crippen LogP contribution in [0.4, 0.5) is 11.6 Å². The number of rotatable bonds is 4. The van der Waals surface area contributed by atoms with Crippen LogP contribution in [0.3, 0.4) is 0 Å². The van der Waals surface area contributed by atoms with Gasteiger partial charge in [-0.25, -0.2) is 9.97 Å². The molecule has 0 saturated carbocycles. The summed E-state index contributed by atoms with van der Waals surface area (Å²) in [6, 6.07) is 2.21. The van der Waals surface area contributed by atoms with Gasteiger partial charge in [0.25, 0.3) is 0 Å². The minimum Gasteiger partial charge on any atom is -0.358 e. The lowest BCUT2D eigenvalue weighted by Crippen LogP contribution is -2.33. The fourth-order valence-corrected chi connectivity index (χ4v) is 2.37. The first-order valence-corrected chi connectivity index (χ1v) is 6.63. The number of anilines is 2. The maximum Gasteiger partial charge on any atom is 0.134 e. The van der Waals surface area contributed by atoms with E-state index in [0.29, 0.717) is 0 Å². The Morgan fingerprint density at radius 1 is 1.39 bits per heavy atom.